The first kappa shape index (κ1) is 11.7. The molecule has 3 nitrogen and oxygen atoms in total. The van der Waals surface area contributed by atoms with Crippen LogP contribution in [0.5, 0.6) is 5.88 Å². The first-order chi connectivity index (χ1) is 8.13. The Morgan fingerprint density at radius 1 is 1.41 bits per heavy atom. The molecule has 0 unspecified atom stereocenters. The highest BCUT2D eigenvalue weighted by molar-refractivity contribution is 6.31. The molecule has 1 aromatic carbocycles. The second-order valence-electron chi connectivity index (χ2n) is 3.77. The fourth-order valence-electron chi connectivity index (χ4n) is 1.75. The number of pyridine rings is 1. The van der Waals surface area contributed by atoms with Gasteiger partial charge in [0, 0.05) is 23.0 Å². The zero-order chi connectivity index (χ0) is 12.4. The van der Waals surface area contributed by atoms with E-state index in [0.29, 0.717) is 28.8 Å². The average molecular weight is 250 g/mol. The number of allylic oxidation sites excluding steroid dienone is 1. The minimum absolute atomic E-state index is 0.0222. The van der Waals surface area contributed by atoms with Crippen molar-refractivity contribution in [1.29, 1.82) is 0 Å². The quantitative estimate of drug-likeness (QED) is 0.850. The van der Waals surface area contributed by atoms with Crippen LogP contribution in [0.1, 0.15) is 6.42 Å². The monoisotopic (exact) mass is 249 g/mol. The highest BCUT2D eigenvalue weighted by Crippen LogP contribution is 2.25. The molecule has 0 aliphatic rings. The zero-order valence-electron chi connectivity index (χ0n) is 9.19. The number of nitrogens with zero attached hydrogens (tertiary/aromatic N) is 1. The first-order valence-corrected chi connectivity index (χ1v) is 5.64. The predicted octanol–water partition coefficient (Wildman–Crippen LogP) is 2.94. The van der Waals surface area contributed by atoms with Crippen molar-refractivity contribution >= 4 is 22.4 Å². The van der Waals surface area contributed by atoms with Crippen LogP contribution in [-0.4, -0.2) is 9.67 Å². The van der Waals surface area contributed by atoms with E-state index in [1.165, 1.54) is 10.6 Å². The van der Waals surface area contributed by atoms with Gasteiger partial charge in [-0.15, -0.1) is 6.58 Å². The Morgan fingerprint density at radius 2 is 2.18 bits per heavy atom. The molecule has 0 atom stereocenters. The molecule has 1 heterocycles. The van der Waals surface area contributed by atoms with Gasteiger partial charge in [-0.05, 0) is 30.0 Å². The third-order valence-corrected chi connectivity index (χ3v) is 2.85. The van der Waals surface area contributed by atoms with Gasteiger partial charge in [-0.3, -0.25) is 9.36 Å². The minimum atomic E-state index is -0.237. The number of halogens is 1. The van der Waals surface area contributed by atoms with E-state index in [4.69, 9.17) is 11.6 Å². The maximum atomic E-state index is 11.8. The van der Waals surface area contributed by atoms with Gasteiger partial charge in [0.25, 0.3) is 5.56 Å². The number of aromatic hydroxyl groups is 1. The van der Waals surface area contributed by atoms with Crippen molar-refractivity contribution in [2.75, 3.05) is 0 Å². The Balaban J connectivity index is 2.67. The first-order valence-electron chi connectivity index (χ1n) is 5.26. The van der Waals surface area contributed by atoms with Gasteiger partial charge < -0.3 is 5.11 Å². The molecule has 0 bridgehead atoms. The number of aromatic nitrogens is 1. The number of hydrogen-bond acceptors (Lipinski definition) is 2. The van der Waals surface area contributed by atoms with Gasteiger partial charge >= 0.3 is 0 Å². The molecule has 1 aromatic heterocycles. The molecule has 0 aliphatic carbocycles. The van der Waals surface area contributed by atoms with Gasteiger partial charge in [0.2, 0.25) is 5.88 Å². The lowest BCUT2D eigenvalue weighted by atomic mass is 10.1. The molecule has 0 spiro atoms. The fourth-order valence-corrected chi connectivity index (χ4v) is 1.93. The van der Waals surface area contributed by atoms with Gasteiger partial charge in [-0.1, -0.05) is 17.7 Å². The number of fused-ring (bicyclic) bond motifs is 1. The third kappa shape index (κ3) is 2.19. The van der Waals surface area contributed by atoms with Crippen LogP contribution in [0.3, 0.4) is 0 Å². The molecule has 17 heavy (non-hydrogen) atoms. The fraction of sp³-hybridized carbons (Fsp3) is 0.154. The van der Waals surface area contributed by atoms with E-state index in [-0.39, 0.29) is 11.4 Å². The van der Waals surface area contributed by atoms with Gasteiger partial charge in [-0.25, -0.2) is 0 Å². The van der Waals surface area contributed by atoms with Crippen LogP contribution >= 0.6 is 11.6 Å². The van der Waals surface area contributed by atoms with Crippen LogP contribution in [0.4, 0.5) is 0 Å². The van der Waals surface area contributed by atoms with Crippen LogP contribution in [-0.2, 0) is 6.54 Å². The predicted molar refractivity (Wildman–Crippen MR) is 69.7 cm³/mol. The summed E-state index contributed by atoms with van der Waals surface area (Å²) in [6.45, 7) is 4.02. The average Bonchev–Trinajstić information content (AvgIpc) is 2.28. The Bertz CT molecular complexity index is 631. The van der Waals surface area contributed by atoms with Gasteiger partial charge in [-0.2, -0.15) is 0 Å². The standard InChI is InChI=1S/C13H12ClNO2/c1-2-3-6-15-12(16)8-9-7-10(14)4-5-11(9)13(15)17/h2,4-5,7-8,17H,1,3,6H2. The van der Waals surface area contributed by atoms with Crippen molar-refractivity contribution in [1.82, 2.24) is 4.57 Å². The van der Waals surface area contributed by atoms with Crippen LogP contribution in [0.25, 0.3) is 10.8 Å². The van der Waals surface area contributed by atoms with E-state index in [1.807, 2.05) is 0 Å². The summed E-state index contributed by atoms with van der Waals surface area (Å²) in [6, 6.07) is 6.53. The van der Waals surface area contributed by atoms with Crippen molar-refractivity contribution in [3.8, 4) is 5.88 Å². The Labute approximate surface area is 104 Å². The van der Waals surface area contributed by atoms with Gasteiger partial charge in [0.15, 0.2) is 0 Å². The normalized spacial score (nSPS) is 10.6. The topological polar surface area (TPSA) is 42.2 Å². The molecule has 1 N–H and O–H groups in total. The summed E-state index contributed by atoms with van der Waals surface area (Å²) in [7, 11) is 0. The second-order valence-corrected chi connectivity index (χ2v) is 4.20. The Morgan fingerprint density at radius 3 is 2.88 bits per heavy atom. The van der Waals surface area contributed by atoms with Crippen LogP contribution in [0.15, 0.2) is 41.7 Å². The molecule has 0 saturated heterocycles. The molecular formula is C13H12ClNO2. The van der Waals surface area contributed by atoms with Crippen molar-refractivity contribution in [3.05, 3.63) is 52.3 Å². The molecule has 0 radical (unpaired) electrons. The summed E-state index contributed by atoms with van der Waals surface area (Å²) in [6.07, 6.45) is 2.34. The molecule has 0 saturated carbocycles. The maximum Gasteiger partial charge on any atom is 0.253 e. The summed E-state index contributed by atoms with van der Waals surface area (Å²) in [4.78, 5) is 11.8. The summed E-state index contributed by atoms with van der Waals surface area (Å²) >= 11 is 5.84. The smallest absolute Gasteiger partial charge is 0.253 e. The van der Waals surface area contributed by atoms with Crippen LogP contribution in [0, 0.1) is 0 Å². The lowest BCUT2D eigenvalue weighted by Gasteiger charge is -2.09. The van der Waals surface area contributed by atoms with Crippen molar-refractivity contribution in [2.45, 2.75) is 13.0 Å². The van der Waals surface area contributed by atoms with Crippen LogP contribution < -0.4 is 5.56 Å². The molecule has 0 amide bonds. The third-order valence-electron chi connectivity index (χ3n) is 2.61. The molecule has 0 fully saturated rings. The summed E-state index contributed by atoms with van der Waals surface area (Å²) in [5.41, 5.74) is -0.237. The Hall–Kier alpha value is -1.74. The van der Waals surface area contributed by atoms with Crippen molar-refractivity contribution in [2.24, 2.45) is 0 Å². The zero-order valence-corrected chi connectivity index (χ0v) is 9.94. The SMILES string of the molecule is C=CCCn1c(O)c2ccc(Cl)cc2cc1=O. The maximum absolute atomic E-state index is 11.8. The lowest BCUT2D eigenvalue weighted by Crippen LogP contribution is -2.18. The van der Waals surface area contributed by atoms with Gasteiger partial charge in [0.1, 0.15) is 0 Å². The molecule has 0 aliphatic heterocycles. The van der Waals surface area contributed by atoms with E-state index in [9.17, 15) is 9.90 Å². The summed E-state index contributed by atoms with van der Waals surface area (Å²) in [5, 5.41) is 11.8. The molecular weight excluding hydrogens is 238 g/mol. The highest BCUT2D eigenvalue weighted by atomic mass is 35.5. The number of benzene rings is 1. The number of rotatable bonds is 3. The largest absolute Gasteiger partial charge is 0.494 e. The summed E-state index contributed by atoms with van der Waals surface area (Å²) in [5.74, 6) is -0.0222. The van der Waals surface area contributed by atoms with E-state index in [0.717, 1.165) is 0 Å². The molecule has 2 rings (SSSR count). The van der Waals surface area contributed by atoms with E-state index >= 15 is 0 Å². The van der Waals surface area contributed by atoms with Gasteiger partial charge in [0.05, 0.1) is 0 Å². The minimum Gasteiger partial charge on any atom is -0.494 e. The van der Waals surface area contributed by atoms with E-state index in [2.05, 4.69) is 6.58 Å². The molecule has 4 heteroatoms. The van der Waals surface area contributed by atoms with E-state index in [1.54, 1.807) is 24.3 Å². The van der Waals surface area contributed by atoms with Crippen molar-refractivity contribution < 1.29 is 5.11 Å². The molecule has 88 valence electrons. The lowest BCUT2D eigenvalue weighted by molar-refractivity contribution is 0.414. The van der Waals surface area contributed by atoms with Crippen molar-refractivity contribution in [3.63, 3.8) is 0 Å². The summed E-state index contributed by atoms with van der Waals surface area (Å²) < 4.78 is 1.33. The number of hydrogen-bond donors (Lipinski definition) is 1. The molecule has 2 aromatic rings. The Kier molecular flexibility index (Phi) is 3.20. The highest BCUT2D eigenvalue weighted by Gasteiger charge is 2.08. The van der Waals surface area contributed by atoms with Crippen LogP contribution in [0.2, 0.25) is 5.02 Å². The second kappa shape index (κ2) is 4.63. The van der Waals surface area contributed by atoms with E-state index < -0.39 is 0 Å².